The Balaban J connectivity index is 2.10. The normalized spacial score (nSPS) is 10.7. The zero-order valence-corrected chi connectivity index (χ0v) is 13.5. The van der Waals surface area contributed by atoms with Crippen LogP contribution in [0.15, 0.2) is 36.5 Å². The third-order valence-corrected chi connectivity index (χ3v) is 3.50. The first-order valence-electron chi connectivity index (χ1n) is 7.58. The molecule has 0 fully saturated rings. The van der Waals surface area contributed by atoms with Gasteiger partial charge in [-0.1, -0.05) is 19.1 Å². The highest BCUT2D eigenvalue weighted by atomic mass is 15.2. The van der Waals surface area contributed by atoms with E-state index >= 15 is 0 Å². The van der Waals surface area contributed by atoms with Crippen LogP contribution in [0, 0.1) is 13.8 Å². The molecule has 0 atom stereocenters. The van der Waals surface area contributed by atoms with Crippen molar-refractivity contribution in [2.75, 3.05) is 18.5 Å². The van der Waals surface area contributed by atoms with E-state index in [4.69, 9.17) is 0 Å². The van der Waals surface area contributed by atoms with Gasteiger partial charge in [0.15, 0.2) is 0 Å². The smallest absolute Gasteiger partial charge is 0.132 e. The first kappa shape index (κ1) is 15.5. The van der Waals surface area contributed by atoms with Crippen molar-refractivity contribution in [3.8, 4) is 0 Å². The fourth-order valence-corrected chi connectivity index (χ4v) is 2.41. The van der Waals surface area contributed by atoms with E-state index in [-0.39, 0.29) is 0 Å². The third kappa shape index (κ3) is 4.30. The Morgan fingerprint density at radius 2 is 1.81 bits per heavy atom. The van der Waals surface area contributed by atoms with E-state index in [0.717, 1.165) is 25.3 Å². The lowest BCUT2D eigenvalue weighted by Gasteiger charge is -2.19. The summed E-state index contributed by atoms with van der Waals surface area (Å²) in [7, 11) is 2.06. The Bertz CT molecular complexity index is 555. The van der Waals surface area contributed by atoms with E-state index in [2.05, 4.69) is 73.4 Å². The minimum absolute atomic E-state index is 0.883. The van der Waals surface area contributed by atoms with E-state index in [0.29, 0.717) is 0 Å². The second kappa shape index (κ2) is 7.23. The van der Waals surface area contributed by atoms with Crippen LogP contribution in [0.3, 0.4) is 0 Å². The van der Waals surface area contributed by atoms with Gasteiger partial charge in [-0.2, -0.15) is 0 Å². The maximum Gasteiger partial charge on any atom is 0.132 e. The van der Waals surface area contributed by atoms with Gasteiger partial charge in [-0.05, 0) is 61.7 Å². The van der Waals surface area contributed by atoms with E-state index < -0.39 is 0 Å². The van der Waals surface area contributed by atoms with Crippen LogP contribution in [0.4, 0.5) is 11.5 Å². The molecular formula is C18H25N3. The molecule has 1 N–H and O–H groups in total. The maximum atomic E-state index is 4.58. The summed E-state index contributed by atoms with van der Waals surface area (Å²) >= 11 is 0. The van der Waals surface area contributed by atoms with Crippen LogP contribution < -0.4 is 10.2 Å². The SMILES string of the molecule is CCCNCc1ccc(N(C)c2cc(C)cc(C)c2)nc1. The van der Waals surface area contributed by atoms with Gasteiger partial charge in [0.2, 0.25) is 0 Å². The first-order valence-corrected chi connectivity index (χ1v) is 7.58. The highest BCUT2D eigenvalue weighted by molar-refractivity contribution is 5.61. The van der Waals surface area contributed by atoms with Crippen LogP contribution in [0.2, 0.25) is 0 Å². The first-order chi connectivity index (χ1) is 10.1. The Morgan fingerprint density at radius 3 is 2.38 bits per heavy atom. The molecule has 2 rings (SSSR count). The molecule has 0 unspecified atom stereocenters. The topological polar surface area (TPSA) is 28.2 Å². The average molecular weight is 283 g/mol. The van der Waals surface area contributed by atoms with Crippen molar-refractivity contribution in [1.29, 1.82) is 0 Å². The molecule has 3 heteroatoms. The number of benzene rings is 1. The molecule has 0 saturated heterocycles. The number of nitrogens with one attached hydrogen (secondary N) is 1. The number of hydrogen-bond acceptors (Lipinski definition) is 3. The largest absolute Gasteiger partial charge is 0.329 e. The average Bonchev–Trinajstić information content (AvgIpc) is 2.46. The molecule has 1 aromatic carbocycles. The molecule has 0 amide bonds. The van der Waals surface area contributed by atoms with Crippen LogP contribution in [0.5, 0.6) is 0 Å². The number of nitrogens with zero attached hydrogens (tertiary/aromatic N) is 2. The molecule has 3 nitrogen and oxygen atoms in total. The van der Waals surface area contributed by atoms with E-state index in [1.807, 2.05) is 6.20 Å². The number of aromatic nitrogens is 1. The Labute approximate surface area is 128 Å². The highest BCUT2D eigenvalue weighted by Crippen LogP contribution is 2.24. The van der Waals surface area contributed by atoms with Crippen molar-refractivity contribution in [2.45, 2.75) is 33.7 Å². The minimum atomic E-state index is 0.883. The van der Waals surface area contributed by atoms with Crippen molar-refractivity contribution < 1.29 is 0 Å². The van der Waals surface area contributed by atoms with Crippen LogP contribution in [0.25, 0.3) is 0 Å². The maximum absolute atomic E-state index is 4.58. The van der Waals surface area contributed by atoms with Crippen molar-refractivity contribution in [3.63, 3.8) is 0 Å². The van der Waals surface area contributed by atoms with Gasteiger partial charge in [-0.25, -0.2) is 4.98 Å². The lowest BCUT2D eigenvalue weighted by atomic mass is 10.1. The van der Waals surface area contributed by atoms with Crippen molar-refractivity contribution in [3.05, 3.63) is 53.2 Å². The lowest BCUT2D eigenvalue weighted by Crippen LogP contribution is -2.15. The van der Waals surface area contributed by atoms with Gasteiger partial charge in [0.25, 0.3) is 0 Å². The van der Waals surface area contributed by atoms with Crippen LogP contribution in [-0.2, 0) is 6.54 Å². The summed E-state index contributed by atoms with van der Waals surface area (Å²) in [6.07, 6.45) is 3.11. The minimum Gasteiger partial charge on any atom is -0.329 e. The molecule has 0 bridgehead atoms. The Morgan fingerprint density at radius 1 is 1.10 bits per heavy atom. The van der Waals surface area contributed by atoms with Gasteiger partial charge >= 0.3 is 0 Å². The standard InChI is InChI=1S/C18H25N3/c1-5-8-19-12-16-6-7-18(20-13-16)21(4)17-10-14(2)9-15(3)11-17/h6-7,9-11,13,19H,5,8,12H2,1-4H3. The summed E-state index contributed by atoms with van der Waals surface area (Å²) in [6, 6.07) is 10.8. The van der Waals surface area contributed by atoms with Gasteiger partial charge in [0, 0.05) is 25.5 Å². The van der Waals surface area contributed by atoms with Gasteiger partial charge in [-0.3, -0.25) is 0 Å². The third-order valence-electron chi connectivity index (χ3n) is 3.50. The van der Waals surface area contributed by atoms with E-state index in [1.165, 1.54) is 22.4 Å². The second-order valence-electron chi connectivity index (χ2n) is 5.61. The lowest BCUT2D eigenvalue weighted by molar-refractivity contribution is 0.674. The predicted molar refractivity (Wildman–Crippen MR) is 90.2 cm³/mol. The van der Waals surface area contributed by atoms with Crippen molar-refractivity contribution >= 4 is 11.5 Å². The molecule has 0 aliphatic carbocycles. The monoisotopic (exact) mass is 283 g/mol. The summed E-state index contributed by atoms with van der Waals surface area (Å²) in [4.78, 5) is 6.71. The molecule has 1 aromatic heterocycles. The molecule has 0 spiro atoms. The summed E-state index contributed by atoms with van der Waals surface area (Å²) < 4.78 is 0. The highest BCUT2D eigenvalue weighted by Gasteiger charge is 2.06. The van der Waals surface area contributed by atoms with Gasteiger partial charge in [0.05, 0.1) is 0 Å². The van der Waals surface area contributed by atoms with Gasteiger partial charge in [0.1, 0.15) is 5.82 Å². The molecule has 112 valence electrons. The number of rotatable bonds is 6. The van der Waals surface area contributed by atoms with E-state index in [1.54, 1.807) is 0 Å². The van der Waals surface area contributed by atoms with Crippen molar-refractivity contribution in [2.24, 2.45) is 0 Å². The molecule has 2 aromatic rings. The van der Waals surface area contributed by atoms with Crippen LogP contribution in [-0.4, -0.2) is 18.6 Å². The zero-order chi connectivity index (χ0) is 15.2. The predicted octanol–water partition coefficient (Wildman–Crippen LogP) is 3.97. The molecule has 21 heavy (non-hydrogen) atoms. The summed E-state index contributed by atoms with van der Waals surface area (Å²) in [5.41, 5.74) is 4.95. The fraction of sp³-hybridized carbons (Fsp3) is 0.389. The van der Waals surface area contributed by atoms with Crippen LogP contribution >= 0.6 is 0 Å². The molecular weight excluding hydrogens is 258 g/mol. The Hall–Kier alpha value is -1.87. The van der Waals surface area contributed by atoms with E-state index in [9.17, 15) is 0 Å². The number of hydrogen-bond donors (Lipinski definition) is 1. The summed E-state index contributed by atoms with van der Waals surface area (Å²) in [6.45, 7) is 8.35. The number of pyridine rings is 1. The quantitative estimate of drug-likeness (QED) is 0.813. The fourth-order valence-electron chi connectivity index (χ4n) is 2.41. The van der Waals surface area contributed by atoms with Crippen molar-refractivity contribution in [1.82, 2.24) is 10.3 Å². The number of aryl methyl sites for hydroxylation is 2. The second-order valence-corrected chi connectivity index (χ2v) is 5.61. The summed E-state index contributed by atoms with van der Waals surface area (Å²) in [5, 5.41) is 3.39. The summed E-state index contributed by atoms with van der Waals surface area (Å²) in [5.74, 6) is 0.972. The molecule has 0 radical (unpaired) electrons. The molecule has 0 aliphatic heterocycles. The molecule has 0 saturated carbocycles. The zero-order valence-electron chi connectivity index (χ0n) is 13.5. The molecule has 0 aliphatic rings. The van der Waals surface area contributed by atoms with Gasteiger partial charge in [-0.15, -0.1) is 0 Å². The Kier molecular flexibility index (Phi) is 5.34. The number of anilines is 2. The van der Waals surface area contributed by atoms with Gasteiger partial charge < -0.3 is 10.2 Å². The molecule has 1 heterocycles. The van der Waals surface area contributed by atoms with Crippen LogP contribution in [0.1, 0.15) is 30.0 Å².